The largest absolute Gasteiger partial charge is 0.310 e. The van der Waals surface area contributed by atoms with Gasteiger partial charge >= 0.3 is 0 Å². The number of hydrogen-bond acceptors (Lipinski definition) is 1. The van der Waals surface area contributed by atoms with E-state index in [2.05, 4.69) is 290 Å². The second-order valence-electron chi connectivity index (χ2n) is 20.4. The number of nitrogens with zero attached hydrogens (tertiary/aromatic N) is 2. The molecular weight excluding hydrogens is 905 g/mol. The Labute approximate surface area is 437 Å². The summed E-state index contributed by atoms with van der Waals surface area (Å²) in [4.78, 5) is 2.46. The number of benzene rings is 12. The van der Waals surface area contributed by atoms with E-state index in [0.717, 1.165) is 17.1 Å². The summed E-state index contributed by atoms with van der Waals surface area (Å²) in [6.45, 7) is 4.53. The lowest BCUT2D eigenvalue weighted by atomic mass is 9.70. The van der Waals surface area contributed by atoms with Crippen molar-refractivity contribution in [2.75, 3.05) is 4.90 Å². The molecule has 0 saturated carbocycles. The Kier molecular flexibility index (Phi) is 9.65. The lowest BCUT2D eigenvalue weighted by Crippen LogP contribution is -2.25. The third-order valence-electron chi connectivity index (χ3n) is 16.5. The zero-order valence-electron chi connectivity index (χ0n) is 41.8. The van der Waals surface area contributed by atoms with Gasteiger partial charge in [-0.05, 0) is 169 Å². The molecule has 1 aromatic heterocycles. The van der Waals surface area contributed by atoms with Crippen LogP contribution in [-0.2, 0) is 5.41 Å². The van der Waals surface area contributed by atoms with Gasteiger partial charge in [0.05, 0.1) is 16.4 Å². The van der Waals surface area contributed by atoms with Gasteiger partial charge in [0.15, 0.2) is 0 Å². The van der Waals surface area contributed by atoms with E-state index in [4.69, 9.17) is 0 Å². The molecule has 0 radical (unpaired) electrons. The van der Waals surface area contributed by atoms with E-state index in [1.807, 2.05) is 0 Å². The van der Waals surface area contributed by atoms with E-state index < -0.39 is 5.41 Å². The predicted molar refractivity (Wildman–Crippen MR) is 315 cm³/mol. The average molecular weight is 955 g/mol. The van der Waals surface area contributed by atoms with Crippen LogP contribution in [-0.4, -0.2) is 4.57 Å². The van der Waals surface area contributed by atoms with Gasteiger partial charge in [-0.2, -0.15) is 0 Å². The highest BCUT2D eigenvalue weighted by Gasteiger charge is 2.51. The molecule has 15 rings (SSSR count). The van der Waals surface area contributed by atoms with Crippen LogP contribution in [0.4, 0.5) is 17.1 Å². The maximum absolute atomic E-state index is 2.46. The zero-order valence-corrected chi connectivity index (χ0v) is 41.8. The number of anilines is 3. The van der Waals surface area contributed by atoms with Crippen LogP contribution in [0.15, 0.2) is 267 Å². The molecule has 0 fully saturated rings. The van der Waals surface area contributed by atoms with E-state index in [1.54, 1.807) is 0 Å². The molecule has 2 heteroatoms. The Morgan fingerprint density at radius 2 is 0.800 bits per heavy atom. The molecule has 0 N–H and O–H groups in total. The molecule has 352 valence electrons. The Morgan fingerprint density at radius 3 is 1.48 bits per heavy atom. The summed E-state index contributed by atoms with van der Waals surface area (Å²) in [5.41, 5.74) is 26.9. The van der Waals surface area contributed by atoms with Crippen LogP contribution in [0, 0.1) is 13.8 Å². The van der Waals surface area contributed by atoms with Gasteiger partial charge in [0.25, 0.3) is 0 Å². The molecule has 0 saturated heterocycles. The maximum atomic E-state index is 2.46. The van der Waals surface area contributed by atoms with Crippen LogP contribution >= 0.6 is 0 Å². The number of para-hydroxylation sites is 2. The molecule has 1 heterocycles. The van der Waals surface area contributed by atoms with Crippen LogP contribution < -0.4 is 4.90 Å². The summed E-state index contributed by atoms with van der Waals surface area (Å²) in [7, 11) is 0. The van der Waals surface area contributed by atoms with Gasteiger partial charge in [0.2, 0.25) is 0 Å². The van der Waals surface area contributed by atoms with E-state index in [-0.39, 0.29) is 0 Å². The molecule has 0 amide bonds. The number of hydrogen-bond donors (Lipinski definition) is 0. The molecule has 2 nitrogen and oxygen atoms in total. The fourth-order valence-corrected chi connectivity index (χ4v) is 13.2. The Hall–Kier alpha value is -9.50. The number of aromatic nitrogens is 1. The van der Waals surface area contributed by atoms with E-state index in [1.165, 1.54) is 127 Å². The molecule has 13 aromatic rings. The topological polar surface area (TPSA) is 8.17 Å². The van der Waals surface area contributed by atoms with Gasteiger partial charge in [-0.15, -0.1) is 0 Å². The van der Waals surface area contributed by atoms with Crippen LogP contribution in [0.3, 0.4) is 0 Å². The lowest BCUT2D eigenvalue weighted by molar-refractivity contribution is 0.794. The van der Waals surface area contributed by atoms with E-state index >= 15 is 0 Å². The Bertz CT molecular complexity index is 4380. The van der Waals surface area contributed by atoms with Gasteiger partial charge < -0.3 is 9.47 Å². The monoisotopic (exact) mass is 954 g/mol. The molecule has 2 aliphatic carbocycles. The third-order valence-corrected chi connectivity index (χ3v) is 16.5. The van der Waals surface area contributed by atoms with Crippen LogP contribution in [0.1, 0.15) is 33.4 Å². The highest BCUT2D eigenvalue weighted by molar-refractivity contribution is 6.22. The van der Waals surface area contributed by atoms with Crippen molar-refractivity contribution in [3.8, 4) is 61.3 Å². The van der Waals surface area contributed by atoms with Crippen molar-refractivity contribution in [2.45, 2.75) is 19.3 Å². The van der Waals surface area contributed by atoms with Crippen molar-refractivity contribution < 1.29 is 0 Å². The summed E-state index contributed by atoms with van der Waals surface area (Å²) in [6, 6.07) is 99.3. The molecule has 0 bridgehead atoms. The highest BCUT2D eigenvalue weighted by Crippen LogP contribution is 2.63. The van der Waals surface area contributed by atoms with Crippen LogP contribution in [0.2, 0.25) is 0 Å². The molecule has 75 heavy (non-hydrogen) atoms. The predicted octanol–water partition coefficient (Wildman–Crippen LogP) is 19.4. The molecule has 1 spiro atoms. The van der Waals surface area contributed by atoms with Crippen LogP contribution in [0.25, 0.3) is 93.9 Å². The molecular formula is C73H50N2. The summed E-state index contributed by atoms with van der Waals surface area (Å²) < 4.78 is 2.44. The van der Waals surface area contributed by atoms with Crippen molar-refractivity contribution in [3.63, 3.8) is 0 Å². The second kappa shape index (κ2) is 16.8. The van der Waals surface area contributed by atoms with Crippen molar-refractivity contribution in [3.05, 3.63) is 300 Å². The average Bonchev–Trinajstić information content (AvgIpc) is 4.10. The Morgan fingerprint density at radius 1 is 0.293 bits per heavy atom. The zero-order chi connectivity index (χ0) is 49.8. The van der Waals surface area contributed by atoms with Crippen molar-refractivity contribution in [1.29, 1.82) is 0 Å². The molecule has 0 unspecified atom stereocenters. The van der Waals surface area contributed by atoms with Crippen LogP contribution in [0.5, 0.6) is 0 Å². The minimum atomic E-state index is -0.403. The fraction of sp³-hybridized carbons (Fsp3) is 0.0411. The summed E-state index contributed by atoms with van der Waals surface area (Å²) >= 11 is 0. The smallest absolute Gasteiger partial charge is 0.0725 e. The van der Waals surface area contributed by atoms with Gasteiger partial charge in [-0.3, -0.25) is 0 Å². The quantitative estimate of drug-likeness (QED) is 0.155. The van der Waals surface area contributed by atoms with E-state index in [0.29, 0.717) is 0 Å². The Balaban J connectivity index is 0.880. The van der Waals surface area contributed by atoms with Gasteiger partial charge in [-0.25, -0.2) is 0 Å². The van der Waals surface area contributed by atoms with Crippen molar-refractivity contribution >= 4 is 49.6 Å². The lowest BCUT2D eigenvalue weighted by Gasteiger charge is -2.31. The first-order valence-electron chi connectivity index (χ1n) is 26.2. The normalized spacial score (nSPS) is 12.8. The SMILES string of the molecule is Cc1cc(-c2cc3c4ccccc4n(-c4ccccc4)c3c3ccccc23)ccc1-c1cc(N(c2ccc(-c3ccccc3)cc2)c2ccc3c(c2)-c2ccccc2C32c3ccccc3-c3ccccc32)ccc1C. The first kappa shape index (κ1) is 43.1. The molecule has 0 aliphatic heterocycles. The highest BCUT2D eigenvalue weighted by atomic mass is 15.1. The van der Waals surface area contributed by atoms with Gasteiger partial charge in [0, 0.05) is 38.9 Å². The van der Waals surface area contributed by atoms with Crippen molar-refractivity contribution in [2.24, 2.45) is 0 Å². The number of rotatable bonds is 7. The van der Waals surface area contributed by atoms with Gasteiger partial charge in [0.1, 0.15) is 0 Å². The minimum absolute atomic E-state index is 0.403. The fourth-order valence-electron chi connectivity index (χ4n) is 13.2. The van der Waals surface area contributed by atoms with Crippen molar-refractivity contribution in [1.82, 2.24) is 4.57 Å². The number of aryl methyl sites for hydroxylation is 2. The third kappa shape index (κ3) is 6.39. The minimum Gasteiger partial charge on any atom is -0.310 e. The maximum Gasteiger partial charge on any atom is 0.0725 e. The molecule has 2 aliphatic rings. The number of fused-ring (bicyclic) bond motifs is 15. The summed E-state index contributed by atoms with van der Waals surface area (Å²) in [5, 5.41) is 5.00. The first-order chi connectivity index (χ1) is 37.0. The molecule has 12 aromatic carbocycles. The standard InChI is InChI=1S/C73H50N2/c1-47-33-37-54(44-63(47)56-41-36-51(43-48(56)2)64-46-66-61-27-14-18-32-71(61)75(52-21-7-4-8-22-52)72(66)62-28-10-9-23-57(62)64)74(53-38-34-50(35-39-53)49-19-5-3-6-20-49)55-40-42-70-65(45-55)60-26-13-17-31-69(60)73(70)67-29-15-11-24-58(67)59-25-12-16-30-68(59)73/h3-46H,1-2H3. The molecule has 0 atom stereocenters. The summed E-state index contributed by atoms with van der Waals surface area (Å²) in [5.74, 6) is 0. The van der Waals surface area contributed by atoms with E-state index in [9.17, 15) is 0 Å². The van der Waals surface area contributed by atoms with Gasteiger partial charge in [-0.1, -0.05) is 206 Å². The second-order valence-corrected chi connectivity index (χ2v) is 20.4. The summed E-state index contributed by atoms with van der Waals surface area (Å²) in [6.07, 6.45) is 0. The first-order valence-corrected chi connectivity index (χ1v) is 26.2.